The summed E-state index contributed by atoms with van der Waals surface area (Å²) in [6.45, 7) is 8.89. The van der Waals surface area contributed by atoms with E-state index in [1.165, 1.54) is 12.3 Å². The molecule has 3 atom stereocenters. The zero-order valence-electron chi connectivity index (χ0n) is 26.7. The third-order valence-electron chi connectivity index (χ3n) is 8.75. The number of halogens is 1. The van der Waals surface area contributed by atoms with Crippen molar-refractivity contribution in [2.75, 3.05) is 30.7 Å². The summed E-state index contributed by atoms with van der Waals surface area (Å²) in [5.41, 5.74) is 4.15. The standard InChI is InChI=1S/C34H36FN7O3P2/c1-18(2)29-30(19(3)8-10-37-29)42-31-22(14-20(4)26-27-23(17-45-32(26)31)38-15-24(47)28(27)35)33(39-34(42)44)40-11-12-41(21(16-40)7-9-36)25(43)6-5-13-46/h5-6,8,10,14-15,18,21H,7,11-13,16-17,46-47H2,1-4H3/b6-5+/t21-/m0/s1. The van der Waals surface area contributed by atoms with Gasteiger partial charge < -0.3 is 14.5 Å². The Bertz CT molecular complexity index is 2060. The van der Waals surface area contributed by atoms with Gasteiger partial charge in [0.05, 0.1) is 35.6 Å². The number of hydrogen-bond donors (Lipinski definition) is 0. The zero-order valence-corrected chi connectivity index (χ0v) is 29.1. The first-order valence-electron chi connectivity index (χ1n) is 15.5. The van der Waals surface area contributed by atoms with Gasteiger partial charge in [-0.3, -0.25) is 19.3 Å². The Kier molecular flexibility index (Phi) is 9.11. The average Bonchev–Trinajstić information content (AvgIpc) is 3.05. The summed E-state index contributed by atoms with van der Waals surface area (Å²) >= 11 is 0. The van der Waals surface area contributed by atoms with Crippen LogP contribution in [0.25, 0.3) is 27.7 Å². The van der Waals surface area contributed by atoms with E-state index in [1.807, 2.05) is 44.7 Å². The molecule has 47 heavy (non-hydrogen) atoms. The van der Waals surface area contributed by atoms with Crippen LogP contribution in [0, 0.1) is 31.0 Å². The first-order chi connectivity index (χ1) is 22.6. The van der Waals surface area contributed by atoms with Gasteiger partial charge in [0.2, 0.25) is 5.91 Å². The predicted molar refractivity (Wildman–Crippen MR) is 187 cm³/mol. The van der Waals surface area contributed by atoms with E-state index in [1.54, 1.807) is 21.7 Å². The average molecular weight is 672 g/mol. The van der Waals surface area contributed by atoms with Crippen molar-refractivity contribution < 1.29 is 13.9 Å². The molecule has 1 amide bonds. The van der Waals surface area contributed by atoms with Crippen molar-refractivity contribution in [1.29, 1.82) is 5.26 Å². The van der Waals surface area contributed by atoms with Crippen LogP contribution in [0.2, 0.25) is 0 Å². The van der Waals surface area contributed by atoms with Gasteiger partial charge in [0.15, 0.2) is 5.75 Å². The summed E-state index contributed by atoms with van der Waals surface area (Å²) in [4.78, 5) is 44.8. The van der Waals surface area contributed by atoms with Crippen LogP contribution in [-0.2, 0) is 11.4 Å². The van der Waals surface area contributed by atoms with Crippen LogP contribution in [0.5, 0.6) is 5.75 Å². The number of allylic oxidation sites excluding steroid dienone is 1. The lowest BCUT2D eigenvalue weighted by Gasteiger charge is -2.41. The van der Waals surface area contributed by atoms with E-state index in [-0.39, 0.29) is 24.9 Å². The molecule has 2 aliphatic heterocycles. The van der Waals surface area contributed by atoms with Crippen LogP contribution in [0.15, 0.2) is 41.5 Å². The van der Waals surface area contributed by atoms with E-state index in [0.29, 0.717) is 81.8 Å². The number of hydrogen-bond acceptors (Lipinski definition) is 8. The number of nitrogens with zero attached hydrogens (tertiary/aromatic N) is 7. The number of aryl methyl sites for hydroxylation is 2. The van der Waals surface area contributed by atoms with Gasteiger partial charge in [-0.05, 0) is 55.3 Å². The first-order valence-corrected chi connectivity index (χ1v) is 16.9. The first kappa shape index (κ1) is 32.7. The van der Waals surface area contributed by atoms with Crippen molar-refractivity contribution in [1.82, 2.24) is 24.4 Å². The molecule has 0 N–H and O–H groups in total. The number of carbonyl (C=O) groups is 1. The summed E-state index contributed by atoms with van der Waals surface area (Å²) in [6, 6.07) is 5.57. The second-order valence-electron chi connectivity index (χ2n) is 12.1. The number of carbonyl (C=O) groups excluding carboxylic acids is 1. The van der Waals surface area contributed by atoms with Gasteiger partial charge in [-0.15, -0.1) is 18.5 Å². The molecule has 2 unspecified atom stereocenters. The molecular formula is C34H36FN7O3P2. The quantitative estimate of drug-likeness (QED) is 0.218. The SMILES string of the molecule is Cc1cc2c(N3CCN(C(=O)/C=C/CP)[C@@H](CC#N)C3)nc(=O)n(-c3c(C)ccnc3C(C)C)c2c2c1-c1c(ncc(P)c1F)CO2. The van der Waals surface area contributed by atoms with E-state index >= 15 is 4.39 Å². The Labute approximate surface area is 277 Å². The normalized spacial score (nSPS) is 15.9. The molecule has 1 fully saturated rings. The van der Waals surface area contributed by atoms with Crippen LogP contribution >= 0.6 is 18.5 Å². The second-order valence-corrected chi connectivity index (χ2v) is 13.2. The maximum absolute atomic E-state index is 15.9. The van der Waals surface area contributed by atoms with E-state index in [9.17, 15) is 14.9 Å². The van der Waals surface area contributed by atoms with Crippen LogP contribution in [0.3, 0.4) is 0 Å². The number of amides is 1. The Balaban J connectivity index is 1.64. The fourth-order valence-corrected chi connectivity index (χ4v) is 6.93. The molecule has 0 saturated carbocycles. The maximum atomic E-state index is 15.9. The lowest BCUT2D eigenvalue weighted by Crippen LogP contribution is -2.55. The van der Waals surface area contributed by atoms with Gasteiger partial charge in [0, 0.05) is 53.8 Å². The van der Waals surface area contributed by atoms with E-state index < -0.39 is 17.5 Å². The van der Waals surface area contributed by atoms with Crippen molar-refractivity contribution in [3.8, 4) is 28.6 Å². The Hall–Kier alpha value is -4.25. The van der Waals surface area contributed by atoms with Crippen LogP contribution in [0.1, 0.15) is 48.7 Å². The molecule has 1 saturated heterocycles. The Morgan fingerprint density at radius 2 is 2.02 bits per heavy atom. The summed E-state index contributed by atoms with van der Waals surface area (Å²) in [6.07, 6.45) is 7.26. The van der Waals surface area contributed by atoms with E-state index in [4.69, 9.17) is 4.74 Å². The lowest BCUT2D eigenvalue weighted by atomic mass is 9.93. The monoisotopic (exact) mass is 671 g/mol. The lowest BCUT2D eigenvalue weighted by molar-refractivity contribution is -0.128. The Morgan fingerprint density at radius 3 is 2.74 bits per heavy atom. The predicted octanol–water partition coefficient (Wildman–Crippen LogP) is 4.48. The molecule has 0 aliphatic carbocycles. The highest BCUT2D eigenvalue weighted by Gasteiger charge is 2.35. The van der Waals surface area contributed by atoms with Crippen molar-refractivity contribution in [3.05, 3.63) is 75.5 Å². The summed E-state index contributed by atoms with van der Waals surface area (Å²) in [5, 5.41) is 10.6. The van der Waals surface area contributed by atoms with Crippen molar-refractivity contribution >= 4 is 46.4 Å². The molecule has 4 aromatic rings. The highest BCUT2D eigenvalue weighted by molar-refractivity contribution is 7.27. The molecular weight excluding hydrogens is 635 g/mol. The van der Waals surface area contributed by atoms with Crippen molar-refractivity contribution in [2.24, 2.45) is 0 Å². The van der Waals surface area contributed by atoms with Crippen LogP contribution in [0.4, 0.5) is 10.2 Å². The third-order valence-corrected chi connectivity index (χ3v) is 9.42. The molecule has 0 spiro atoms. The number of ether oxygens (including phenoxy) is 1. The zero-order chi connectivity index (χ0) is 33.6. The summed E-state index contributed by atoms with van der Waals surface area (Å²) < 4.78 is 23.8. The topological polar surface area (TPSA) is 117 Å². The molecule has 3 aromatic heterocycles. The number of fused-ring (bicyclic) bond motifs is 5. The summed E-state index contributed by atoms with van der Waals surface area (Å²) in [7, 11) is 4.95. The van der Waals surface area contributed by atoms with Crippen LogP contribution < -0.4 is 20.6 Å². The number of nitriles is 1. The van der Waals surface area contributed by atoms with Crippen molar-refractivity contribution in [3.63, 3.8) is 0 Å². The van der Waals surface area contributed by atoms with Gasteiger partial charge in [0.1, 0.15) is 23.8 Å². The van der Waals surface area contributed by atoms with Gasteiger partial charge in [-0.2, -0.15) is 10.2 Å². The largest absolute Gasteiger partial charge is 0.484 e. The van der Waals surface area contributed by atoms with Crippen LogP contribution in [-0.4, -0.2) is 62.2 Å². The molecule has 6 rings (SSSR count). The second kappa shape index (κ2) is 13.1. The number of pyridine rings is 2. The molecule has 2 aliphatic rings. The molecule has 242 valence electrons. The molecule has 10 nitrogen and oxygen atoms in total. The number of anilines is 1. The summed E-state index contributed by atoms with van der Waals surface area (Å²) in [5.74, 6) is 0.199. The fourth-order valence-electron chi connectivity index (χ4n) is 6.58. The number of benzene rings is 1. The minimum atomic E-state index is -0.539. The van der Waals surface area contributed by atoms with Gasteiger partial charge in [-0.1, -0.05) is 19.9 Å². The number of rotatable bonds is 6. The minimum absolute atomic E-state index is 0.0199. The third kappa shape index (κ3) is 5.68. The highest BCUT2D eigenvalue weighted by atomic mass is 31.0. The van der Waals surface area contributed by atoms with E-state index in [0.717, 1.165) is 11.1 Å². The van der Waals surface area contributed by atoms with Gasteiger partial charge in [-0.25, -0.2) is 9.18 Å². The molecule has 0 radical (unpaired) electrons. The minimum Gasteiger partial charge on any atom is -0.484 e. The molecule has 5 heterocycles. The molecule has 1 aromatic carbocycles. The molecule has 13 heteroatoms. The molecule has 0 bridgehead atoms. The Morgan fingerprint density at radius 1 is 1.23 bits per heavy atom. The van der Waals surface area contributed by atoms with E-state index in [2.05, 4.69) is 39.5 Å². The highest BCUT2D eigenvalue weighted by Crippen LogP contribution is 2.47. The maximum Gasteiger partial charge on any atom is 0.354 e. The number of aromatic nitrogens is 4. The number of piperazine rings is 1. The van der Waals surface area contributed by atoms with Crippen molar-refractivity contribution in [2.45, 2.75) is 52.7 Å². The smallest absolute Gasteiger partial charge is 0.354 e. The fraction of sp³-hybridized carbons (Fsp3) is 0.353. The van der Waals surface area contributed by atoms with Gasteiger partial charge in [0.25, 0.3) is 0 Å². The van der Waals surface area contributed by atoms with Gasteiger partial charge >= 0.3 is 5.69 Å².